The number of carbonyl (C=O) groups excluding carboxylic acids is 4. The largest absolute Gasteiger partial charge is 0.465 e. The van der Waals surface area contributed by atoms with Crippen LogP contribution in [0.5, 0.6) is 0 Å². The van der Waals surface area contributed by atoms with E-state index in [1.165, 1.54) is 77.0 Å². The van der Waals surface area contributed by atoms with Crippen molar-refractivity contribution >= 4 is 23.9 Å². The fourth-order valence-corrected chi connectivity index (χ4v) is 8.21. The number of rotatable bonds is 30. The van der Waals surface area contributed by atoms with Crippen LogP contribution in [-0.2, 0) is 47.6 Å². The average molecular weight is 749 g/mol. The molecule has 8 atom stereocenters. The molecule has 4 aliphatic rings. The van der Waals surface area contributed by atoms with Crippen LogP contribution in [0.15, 0.2) is 0 Å². The monoisotopic (exact) mass is 749 g/mol. The van der Waals surface area contributed by atoms with Crippen LogP contribution in [0.3, 0.4) is 0 Å². The van der Waals surface area contributed by atoms with Crippen molar-refractivity contribution in [1.82, 2.24) is 0 Å². The van der Waals surface area contributed by atoms with Crippen LogP contribution >= 0.6 is 0 Å². The molecule has 8 unspecified atom stereocenters. The standard InChI is InChI=1S/C43H72O10/c1-3-5-7-9-11-13-15-17-20-24-48-40(44)32-28-36-38(52-36)30-34(32)42(46)50-26-22-19-23-27-51-43(47)35-31-39-37(53-39)29-33(35)41(45)49-25-21-18-16-14-12-10-8-6-4-2/h32-39H,3-31H2,1-2H3. The quantitative estimate of drug-likeness (QED) is 0.0304. The van der Waals surface area contributed by atoms with Gasteiger partial charge in [-0.3, -0.25) is 19.2 Å². The van der Waals surface area contributed by atoms with Gasteiger partial charge in [0.05, 0.1) is 74.5 Å². The number of epoxide rings is 2. The van der Waals surface area contributed by atoms with E-state index in [-0.39, 0.29) is 61.5 Å². The summed E-state index contributed by atoms with van der Waals surface area (Å²) in [7, 11) is 0. The molecular formula is C43H72O10. The molecule has 304 valence electrons. The van der Waals surface area contributed by atoms with Gasteiger partial charge in [0.15, 0.2) is 0 Å². The Morgan fingerprint density at radius 3 is 0.811 bits per heavy atom. The number of hydrogen-bond acceptors (Lipinski definition) is 10. The van der Waals surface area contributed by atoms with Crippen LogP contribution < -0.4 is 0 Å². The molecule has 0 spiro atoms. The zero-order valence-electron chi connectivity index (χ0n) is 33.2. The van der Waals surface area contributed by atoms with E-state index >= 15 is 0 Å². The number of hydrogen-bond donors (Lipinski definition) is 0. The molecule has 4 rings (SSSR count). The van der Waals surface area contributed by atoms with E-state index in [1.807, 2.05) is 0 Å². The molecule has 53 heavy (non-hydrogen) atoms. The second kappa shape index (κ2) is 25.1. The molecule has 2 saturated carbocycles. The molecule has 0 aromatic rings. The summed E-state index contributed by atoms with van der Waals surface area (Å²) in [6.07, 6.45) is 25.7. The summed E-state index contributed by atoms with van der Waals surface area (Å²) in [5.41, 5.74) is 0. The summed E-state index contributed by atoms with van der Waals surface area (Å²) < 4.78 is 33.8. The van der Waals surface area contributed by atoms with Crippen molar-refractivity contribution in [1.29, 1.82) is 0 Å². The molecule has 0 aromatic carbocycles. The molecule has 0 N–H and O–H groups in total. The fraction of sp³-hybridized carbons (Fsp3) is 0.907. The minimum atomic E-state index is -0.536. The van der Waals surface area contributed by atoms with Crippen LogP contribution in [0.25, 0.3) is 0 Å². The number of ether oxygens (including phenoxy) is 6. The van der Waals surface area contributed by atoms with Crippen LogP contribution in [-0.4, -0.2) is 74.7 Å². The number of carbonyl (C=O) groups is 4. The van der Waals surface area contributed by atoms with Gasteiger partial charge in [-0.05, 0) is 57.8 Å². The van der Waals surface area contributed by atoms with Crippen molar-refractivity contribution < 1.29 is 47.6 Å². The third-order valence-electron chi connectivity index (χ3n) is 11.8. The van der Waals surface area contributed by atoms with Gasteiger partial charge in [-0.15, -0.1) is 0 Å². The summed E-state index contributed by atoms with van der Waals surface area (Å²) in [5, 5.41) is 0. The lowest BCUT2D eigenvalue weighted by Crippen LogP contribution is -2.38. The van der Waals surface area contributed by atoms with Gasteiger partial charge in [0.2, 0.25) is 0 Å². The molecule has 0 bridgehead atoms. The first-order chi connectivity index (χ1) is 25.9. The summed E-state index contributed by atoms with van der Waals surface area (Å²) in [6, 6.07) is 0. The summed E-state index contributed by atoms with van der Waals surface area (Å²) in [5.74, 6) is -3.44. The molecule has 0 amide bonds. The van der Waals surface area contributed by atoms with Gasteiger partial charge < -0.3 is 28.4 Å². The Hall–Kier alpha value is -2.20. The zero-order valence-corrected chi connectivity index (χ0v) is 33.2. The van der Waals surface area contributed by atoms with Crippen LogP contribution in [0, 0.1) is 23.7 Å². The van der Waals surface area contributed by atoms with Crippen molar-refractivity contribution in [2.75, 3.05) is 26.4 Å². The van der Waals surface area contributed by atoms with E-state index in [2.05, 4.69) is 13.8 Å². The molecule has 10 nitrogen and oxygen atoms in total. The van der Waals surface area contributed by atoms with Crippen LogP contribution in [0.1, 0.15) is 174 Å². The minimum Gasteiger partial charge on any atom is -0.465 e. The predicted molar refractivity (Wildman–Crippen MR) is 202 cm³/mol. The fourth-order valence-electron chi connectivity index (χ4n) is 8.21. The maximum absolute atomic E-state index is 13.1. The van der Waals surface area contributed by atoms with Gasteiger partial charge in [0, 0.05) is 0 Å². The van der Waals surface area contributed by atoms with Crippen LogP contribution in [0.4, 0.5) is 0 Å². The second-order valence-electron chi connectivity index (χ2n) is 16.2. The van der Waals surface area contributed by atoms with Gasteiger partial charge in [0.1, 0.15) is 0 Å². The second-order valence-corrected chi connectivity index (χ2v) is 16.2. The van der Waals surface area contributed by atoms with E-state index < -0.39 is 23.7 Å². The summed E-state index contributed by atoms with van der Waals surface area (Å²) in [4.78, 5) is 52.0. The Labute approximate surface area is 319 Å². The van der Waals surface area contributed by atoms with Crippen LogP contribution in [0.2, 0.25) is 0 Å². The first-order valence-corrected chi connectivity index (χ1v) is 21.9. The zero-order chi connectivity index (χ0) is 37.7. The lowest BCUT2D eigenvalue weighted by atomic mass is 9.79. The van der Waals surface area contributed by atoms with Gasteiger partial charge >= 0.3 is 23.9 Å². The molecule has 2 heterocycles. The normalized spacial score (nSPS) is 26.9. The van der Waals surface area contributed by atoms with Crippen molar-refractivity contribution in [3.05, 3.63) is 0 Å². The molecule has 10 heteroatoms. The Bertz CT molecular complexity index is 997. The highest BCUT2D eigenvalue weighted by atomic mass is 16.6. The van der Waals surface area contributed by atoms with E-state index in [0.29, 0.717) is 58.2 Å². The maximum Gasteiger partial charge on any atom is 0.309 e. The lowest BCUT2D eigenvalue weighted by Gasteiger charge is -2.26. The highest BCUT2D eigenvalue weighted by Crippen LogP contribution is 2.45. The van der Waals surface area contributed by atoms with E-state index in [4.69, 9.17) is 28.4 Å². The van der Waals surface area contributed by atoms with Gasteiger partial charge in [-0.25, -0.2) is 0 Å². The highest BCUT2D eigenvalue weighted by molar-refractivity contribution is 5.83. The molecule has 0 aromatic heterocycles. The lowest BCUT2D eigenvalue weighted by molar-refractivity contribution is -0.162. The van der Waals surface area contributed by atoms with Gasteiger partial charge in [0.25, 0.3) is 0 Å². The Kier molecular flexibility index (Phi) is 20.6. The number of fused-ring (bicyclic) bond motifs is 2. The Morgan fingerprint density at radius 2 is 0.566 bits per heavy atom. The van der Waals surface area contributed by atoms with E-state index in [0.717, 1.165) is 38.5 Å². The predicted octanol–water partition coefficient (Wildman–Crippen LogP) is 8.98. The third-order valence-corrected chi connectivity index (χ3v) is 11.8. The molecule has 0 radical (unpaired) electrons. The first-order valence-electron chi connectivity index (χ1n) is 21.9. The Morgan fingerprint density at radius 1 is 0.358 bits per heavy atom. The molecular weight excluding hydrogens is 676 g/mol. The molecule has 2 aliphatic heterocycles. The average Bonchev–Trinajstić information content (AvgIpc) is 4.10. The van der Waals surface area contributed by atoms with E-state index in [9.17, 15) is 19.2 Å². The van der Waals surface area contributed by atoms with Gasteiger partial charge in [-0.2, -0.15) is 0 Å². The number of unbranched alkanes of at least 4 members (excludes halogenated alkanes) is 18. The van der Waals surface area contributed by atoms with Crippen molar-refractivity contribution in [3.63, 3.8) is 0 Å². The van der Waals surface area contributed by atoms with Crippen molar-refractivity contribution in [2.45, 2.75) is 199 Å². The van der Waals surface area contributed by atoms with E-state index in [1.54, 1.807) is 0 Å². The van der Waals surface area contributed by atoms with Crippen molar-refractivity contribution in [2.24, 2.45) is 23.7 Å². The van der Waals surface area contributed by atoms with Crippen molar-refractivity contribution in [3.8, 4) is 0 Å². The highest BCUT2D eigenvalue weighted by Gasteiger charge is 2.54. The summed E-state index contributed by atoms with van der Waals surface area (Å²) >= 11 is 0. The SMILES string of the molecule is CCCCCCCCCCCOC(=O)C1CC2OC2CC1C(=O)OCCCCCOC(=O)C1CC2OC2CC1C(=O)OCCCCCCCCCCC. The molecule has 4 fully saturated rings. The van der Waals surface area contributed by atoms with Gasteiger partial charge in [-0.1, -0.05) is 117 Å². The smallest absolute Gasteiger partial charge is 0.309 e. The number of esters is 4. The maximum atomic E-state index is 13.1. The summed E-state index contributed by atoms with van der Waals surface area (Å²) in [6.45, 7) is 5.74. The third kappa shape index (κ3) is 16.2. The topological polar surface area (TPSA) is 130 Å². The Balaban J connectivity index is 1.04. The molecule has 2 saturated heterocycles. The first kappa shape index (κ1) is 43.5. The minimum absolute atomic E-state index is 0.0336. The molecule has 2 aliphatic carbocycles.